The van der Waals surface area contributed by atoms with Gasteiger partial charge in [0.2, 0.25) is 6.26 Å². The van der Waals surface area contributed by atoms with Crippen molar-refractivity contribution in [2.75, 3.05) is 0 Å². The molecule has 5 heavy (non-hydrogen) atoms. The van der Waals surface area contributed by atoms with Crippen molar-refractivity contribution in [1.29, 1.82) is 0 Å². The molecular weight excluding hydrogens is 72.0 g/mol. The first-order valence-corrected chi connectivity index (χ1v) is 1.12. The van der Waals surface area contributed by atoms with Gasteiger partial charge in [-0.3, -0.25) is 4.58 Å². The standard InChI is InChI=1S/C2H2O3/c3-2-1-4-5-2/h1,3H. The molecule has 0 spiro atoms. The van der Waals surface area contributed by atoms with E-state index in [2.05, 4.69) is 9.15 Å². The van der Waals surface area contributed by atoms with Crippen molar-refractivity contribution in [1.82, 2.24) is 0 Å². The highest BCUT2D eigenvalue weighted by atomic mass is 17.0. The predicted octanol–water partition coefficient (Wildman–Crippen LogP) is 0.578. The summed E-state index contributed by atoms with van der Waals surface area (Å²) in [7, 11) is 0. The molecule has 0 aliphatic rings. The van der Waals surface area contributed by atoms with Crippen molar-refractivity contribution in [3.63, 3.8) is 0 Å². The third-order valence-electron chi connectivity index (χ3n) is 0.282. The molecule has 0 fully saturated rings. The molecule has 3 heteroatoms. The lowest BCUT2D eigenvalue weighted by molar-refractivity contribution is -0.0372. The fraction of sp³-hybridized carbons (Fsp3) is 0. The van der Waals surface area contributed by atoms with Crippen LogP contribution in [0.5, 0.6) is 5.95 Å². The van der Waals surface area contributed by atoms with E-state index < -0.39 is 0 Å². The van der Waals surface area contributed by atoms with E-state index in [0.717, 1.165) is 6.26 Å². The first-order valence-electron chi connectivity index (χ1n) is 1.12. The van der Waals surface area contributed by atoms with Gasteiger partial charge in [0, 0.05) is 0 Å². The highest BCUT2D eigenvalue weighted by Gasteiger charge is 1.87. The molecule has 1 N–H and O–H groups in total. The first kappa shape index (κ1) is 2.38. The third-order valence-corrected chi connectivity index (χ3v) is 0.282. The number of rotatable bonds is 0. The molecular formula is C2H2O3. The van der Waals surface area contributed by atoms with Crippen molar-refractivity contribution < 1.29 is 14.3 Å². The highest BCUT2D eigenvalue weighted by molar-refractivity contribution is 4.85. The second kappa shape index (κ2) is 0.544. The number of aromatic hydroxyl groups is 1. The van der Waals surface area contributed by atoms with E-state index in [-0.39, 0.29) is 5.95 Å². The van der Waals surface area contributed by atoms with Crippen LogP contribution in [0.15, 0.2) is 15.4 Å². The Morgan fingerprint density at radius 3 is 2.20 bits per heavy atom. The minimum absolute atomic E-state index is 0.162. The molecule has 1 heterocycles. The van der Waals surface area contributed by atoms with Crippen LogP contribution in [-0.2, 0) is 0 Å². The zero-order valence-electron chi connectivity index (χ0n) is 2.34. The maximum absolute atomic E-state index is 7.96. The molecule has 0 aromatic carbocycles. The quantitative estimate of drug-likeness (QED) is 0.458. The molecule has 1 aromatic rings. The van der Waals surface area contributed by atoms with E-state index in [1.54, 1.807) is 0 Å². The van der Waals surface area contributed by atoms with Gasteiger partial charge in [0.15, 0.2) is 0 Å². The van der Waals surface area contributed by atoms with Crippen LogP contribution in [0.2, 0.25) is 0 Å². The van der Waals surface area contributed by atoms with Crippen molar-refractivity contribution in [3.8, 4) is 5.95 Å². The van der Waals surface area contributed by atoms with Gasteiger partial charge in [0.1, 0.15) is 0 Å². The lowest BCUT2D eigenvalue weighted by Gasteiger charge is -1.82. The Hall–Kier alpha value is -0.860. The topological polar surface area (TPSA) is 46.5 Å². The predicted molar refractivity (Wildman–Crippen MR) is 12.6 cm³/mol. The molecule has 0 aliphatic carbocycles. The minimum atomic E-state index is -0.162. The smallest absolute Gasteiger partial charge is 0.368 e. The van der Waals surface area contributed by atoms with E-state index in [1.807, 2.05) is 0 Å². The monoisotopic (exact) mass is 74.0 g/mol. The highest BCUT2D eigenvalue weighted by Crippen LogP contribution is 2.07. The Bertz CT molecular complexity index is 87.1. The summed E-state index contributed by atoms with van der Waals surface area (Å²) >= 11 is 0. The average Bonchev–Trinajstić information content (AvgIpc) is 1.30. The largest absolute Gasteiger partial charge is 0.476 e. The summed E-state index contributed by atoms with van der Waals surface area (Å²) in [6.07, 6.45) is 1.10. The summed E-state index contributed by atoms with van der Waals surface area (Å²) < 4.78 is 7.77. The molecule has 1 rings (SSSR count). The molecule has 0 radical (unpaired) electrons. The van der Waals surface area contributed by atoms with Crippen LogP contribution < -0.4 is 0 Å². The summed E-state index contributed by atoms with van der Waals surface area (Å²) in [5, 5.41) is 7.96. The van der Waals surface area contributed by atoms with Gasteiger partial charge in [-0.15, -0.1) is 0 Å². The normalized spacial score (nSPS) is 8.80. The minimum Gasteiger partial charge on any atom is -0.476 e. The van der Waals surface area contributed by atoms with E-state index >= 15 is 0 Å². The van der Waals surface area contributed by atoms with E-state index in [0.29, 0.717) is 0 Å². The number of hydrogen-bond donors (Lipinski definition) is 1. The van der Waals surface area contributed by atoms with Crippen molar-refractivity contribution in [3.05, 3.63) is 6.26 Å². The SMILES string of the molecule is Oc1coo1. The molecule has 0 saturated carbocycles. The van der Waals surface area contributed by atoms with E-state index in [4.69, 9.17) is 5.11 Å². The van der Waals surface area contributed by atoms with Crippen molar-refractivity contribution in [2.45, 2.75) is 0 Å². The fourth-order valence-electron chi connectivity index (χ4n) is 0.0911. The van der Waals surface area contributed by atoms with Gasteiger partial charge in [-0.2, -0.15) is 0 Å². The summed E-state index contributed by atoms with van der Waals surface area (Å²) in [5.41, 5.74) is 0. The molecule has 3 nitrogen and oxygen atoms in total. The zero-order valence-corrected chi connectivity index (χ0v) is 2.34. The summed E-state index contributed by atoms with van der Waals surface area (Å²) in [6.45, 7) is 0. The second-order valence-corrected chi connectivity index (χ2v) is 0.636. The van der Waals surface area contributed by atoms with Gasteiger partial charge in [0.25, 0.3) is 0 Å². The Morgan fingerprint density at radius 1 is 1.80 bits per heavy atom. The van der Waals surface area contributed by atoms with Crippen LogP contribution >= 0.6 is 0 Å². The lowest BCUT2D eigenvalue weighted by Crippen LogP contribution is -1.59. The Kier molecular flexibility index (Phi) is 0.259. The third kappa shape index (κ3) is 0.154. The molecule has 28 valence electrons. The van der Waals surface area contributed by atoms with Crippen LogP contribution in [0, 0.1) is 0 Å². The van der Waals surface area contributed by atoms with Gasteiger partial charge in [-0.25, -0.2) is 4.58 Å². The molecule has 1 aromatic heterocycles. The van der Waals surface area contributed by atoms with Crippen LogP contribution in [0.1, 0.15) is 0 Å². The Morgan fingerprint density at radius 2 is 2.20 bits per heavy atom. The Balaban J connectivity index is 2.83. The van der Waals surface area contributed by atoms with Gasteiger partial charge in [0.05, 0.1) is 0 Å². The first-order chi connectivity index (χ1) is 2.39. The van der Waals surface area contributed by atoms with Gasteiger partial charge in [-0.05, 0) is 0 Å². The van der Waals surface area contributed by atoms with Gasteiger partial charge in [-0.1, -0.05) is 0 Å². The van der Waals surface area contributed by atoms with Crippen LogP contribution in [0.4, 0.5) is 0 Å². The van der Waals surface area contributed by atoms with Crippen LogP contribution in [-0.4, -0.2) is 5.11 Å². The van der Waals surface area contributed by atoms with Crippen LogP contribution in [0.25, 0.3) is 0 Å². The van der Waals surface area contributed by atoms with Crippen molar-refractivity contribution >= 4 is 0 Å². The summed E-state index contributed by atoms with van der Waals surface area (Å²) in [5.74, 6) is -0.162. The maximum Gasteiger partial charge on any atom is 0.368 e. The molecule has 0 saturated heterocycles. The molecule has 0 amide bonds. The van der Waals surface area contributed by atoms with E-state index in [9.17, 15) is 0 Å². The zero-order chi connectivity index (χ0) is 3.70. The van der Waals surface area contributed by atoms with Crippen LogP contribution in [0.3, 0.4) is 0 Å². The fourth-order valence-corrected chi connectivity index (χ4v) is 0.0911. The summed E-state index contributed by atoms with van der Waals surface area (Å²) in [6, 6.07) is 0. The van der Waals surface area contributed by atoms with Crippen molar-refractivity contribution in [2.24, 2.45) is 0 Å². The lowest BCUT2D eigenvalue weighted by atomic mass is 10.9. The Labute approximate surface area is 27.7 Å². The maximum atomic E-state index is 7.96. The summed E-state index contributed by atoms with van der Waals surface area (Å²) in [4.78, 5) is 0. The molecule has 0 atom stereocenters. The average molecular weight is 74.0 g/mol. The second-order valence-electron chi connectivity index (χ2n) is 0.636. The van der Waals surface area contributed by atoms with Gasteiger partial charge < -0.3 is 5.11 Å². The van der Waals surface area contributed by atoms with Gasteiger partial charge >= 0.3 is 5.95 Å². The van der Waals surface area contributed by atoms with E-state index in [1.165, 1.54) is 0 Å². The number of hydrogen-bond acceptors (Lipinski definition) is 3. The molecule has 0 aliphatic heterocycles. The molecule has 0 unspecified atom stereocenters. The molecule has 0 bridgehead atoms.